The summed E-state index contributed by atoms with van der Waals surface area (Å²) in [5, 5.41) is 9.01. The number of rotatable bonds is 4. The zero-order chi connectivity index (χ0) is 17.6. The van der Waals surface area contributed by atoms with Gasteiger partial charge in [0.05, 0.1) is 0 Å². The van der Waals surface area contributed by atoms with Crippen LogP contribution in [0.1, 0.15) is 17.0 Å². The molecule has 1 saturated heterocycles. The third-order valence-corrected chi connectivity index (χ3v) is 4.79. The van der Waals surface area contributed by atoms with Crippen LogP contribution in [0.4, 0.5) is 4.79 Å². The van der Waals surface area contributed by atoms with Gasteiger partial charge in [-0.25, -0.2) is 9.59 Å². The normalized spacial score (nSPS) is 20.6. The van der Waals surface area contributed by atoms with Crippen LogP contribution in [0.5, 0.6) is 0 Å². The molecule has 6 heteroatoms. The number of carboxylic acid groups (broad SMARTS) is 1. The lowest BCUT2D eigenvalue weighted by atomic mass is 9.98. The van der Waals surface area contributed by atoms with Crippen LogP contribution in [0, 0.1) is 0 Å². The summed E-state index contributed by atoms with van der Waals surface area (Å²) in [4.78, 5) is 35.0. The number of ether oxygens (including phenoxy) is 1. The van der Waals surface area contributed by atoms with Gasteiger partial charge in [0.25, 0.3) is 0 Å². The number of aliphatic carboxylic acids is 1. The van der Waals surface area contributed by atoms with Crippen molar-refractivity contribution in [2.24, 2.45) is 0 Å². The summed E-state index contributed by atoms with van der Waals surface area (Å²) in [5.74, 6) is -1.31. The number of nitrogens with zero attached hydrogens (tertiary/aromatic N) is 1. The summed E-state index contributed by atoms with van der Waals surface area (Å²) in [6, 6.07) is 13.8. The minimum atomic E-state index is -1.20. The van der Waals surface area contributed by atoms with Gasteiger partial charge < -0.3 is 14.6 Å². The molecular weight excluding hydrogens is 322 g/mol. The van der Waals surface area contributed by atoms with Crippen LogP contribution in [0.25, 0.3) is 11.1 Å². The molecule has 1 heterocycles. The maximum atomic E-state index is 12.2. The summed E-state index contributed by atoms with van der Waals surface area (Å²) in [6.07, 6.45) is -0.313. The Morgan fingerprint density at radius 3 is 2.08 bits per heavy atom. The second-order valence-corrected chi connectivity index (χ2v) is 6.12. The van der Waals surface area contributed by atoms with Crippen molar-refractivity contribution in [1.29, 1.82) is 0 Å². The van der Waals surface area contributed by atoms with Crippen molar-refractivity contribution in [3.63, 3.8) is 0 Å². The first-order valence-electron chi connectivity index (χ1n) is 7.95. The number of carboxylic acids is 1. The van der Waals surface area contributed by atoms with Gasteiger partial charge in [-0.05, 0) is 22.3 Å². The molecule has 25 heavy (non-hydrogen) atoms. The number of carbonyl (C=O) groups excluding carboxylic acids is 2. The number of fused-ring (bicyclic) bond motifs is 3. The fourth-order valence-corrected chi connectivity index (χ4v) is 3.56. The molecule has 0 radical (unpaired) electrons. The van der Waals surface area contributed by atoms with E-state index in [-0.39, 0.29) is 12.5 Å². The molecule has 2 aromatic carbocycles. The van der Waals surface area contributed by atoms with E-state index in [0.29, 0.717) is 6.29 Å². The van der Waals surface area contributed by atoms with E-state index in [4.69, 9.17) is 9.84 Å². The number of benzene rings is 2. The molecule has 0 aromatic heterocycles. The summed E-state index contributed by atoms with van der Waals surface area (Å²) < 4.78 is 5.34. The summed E-state index contributed by atoms with van der Waals surface area (Å²) >= 11 is 0. The minimum absolute atomic E-state index is 0.0985. The Bertz CT molecular complexity index is 832. The van der Waals surface area contributed by atoms with Crippen molar-refractivity contribution in [3.8, 4) is 11.1 Å². The van der Waals surface area contributed by atoms with E-state index >= 15 is 0 Å². The fraction of sp³-hybridized carbons (Fsp3) is 0.211. The first kappa shape index (κ1) is 15.4. The highest BCUT2D eigenvalue weighted by Gasteiger charge is 2.57. The topological polar surface area (TPSA) is 83.7 Å². The molecule has 0 spiro atoms. The largest absolute Gasteiger partial charge is 0.480 e. The lowest BCUT2D eigenvalue weighted by Crippen LogP contribution is -2.22. The van der Waals surface area contributed by atoms with Crippen LogP contribution in [-0.2, 0) is 14.3 Å². The molecule has 2 atom stereocenters. The SMILES string of the molecule is O=C[C@@H]1[C@@H](C(=O)O)N1C(=O)OCC1c2ccccc2-c2ccccc21. The van der Waals surface area contributed by atoms with Gasteiger partial charge in [-0.15, -0.1) is 0 Å². The maximum Gasteiger partial charge on any atom is 0.411 e. The van der Waals surface area contributed by atoms with E-state index in [1.165, 1.54) is 0 Å². The lowest BCUT2D eigenvalue weighted by molar-refractivity contribution is -0.137. The van der Waals surface area contributed by atoms with Gasteiger partial charge in [-0.2, -0.15) is 0 Å². The lowest BCUT2D eigenvalue weighted by Gasteiger charge is -2.14. The van der Waals surface area contributed by atoms with Crippen LogP contribution in [0.15, 0.2) is 48.5 Å². The smallest absolute Gasteiger partial charge is 0.411 e. The highest BCUT2D eigenvalue weighted by Crippen LogP contribution is 2.44. The minimum Gasteiger partial charge on any atom is -0.480 e. The molecule has 4 rings (SSSR count). The predicted molar refractivity (Wildman–Crippen MR) is 88.2 cm³/mol. The highest BCUT2D eigenvalue weighted by molar-refractivity contribution is 5.94. The molecule has 1 aliphatic heterocycles. The Kier molecular flexibility index (Phi) is 3.53. The number of aldehydes is 1. The van der Waals surface area contributed by atoms with Crippen LogP contribution in [0.2, 0.25) is 0 Å². The number of hydrogen-bond acceptors (Lipinski definition) is 4. The van der Waals surface area contributed by atoms with E-state index in [1.54, 1.807) is 0 Å². The van der Waals surface area contributed by atoms with Crippen LogP contribution >= 0.6 is 0 Å². The molecule has 1 amide bonds. The second kappa shape index (κ2) is 5.73. The first-order valence-corrected chi connectivity index (χ1v) is 7.95. The van der Waals surface area contributed by atoms with Gasteiger partial charge >= 0.3 is 12.1 Å². The molecule has 2 aromatic rings. The Morgan fingerprint density at radius 2 is 1.60 bits per heavy atom. The number of amides is 1. The zero-order valence-corrected chi connectivity index (χ0v) is 13.2. The quantitative estimate of drug-likeness (QED) is 0.683. The van der Waals surface area contributed by atoms with Crippen molar-refractivity contribution >= 4 is 18.3 Å². The van der Waals surface area contributed by atoms with Crippen molar-refractivity contribution in [2.45, 2.75) is 18.0 Å². The molecule has 6 nitrogen and oxygen atoms in total. The second-order valence-electron chi connectivity index (χ2n) is 6.12. The standard InChI is InChI=1S/C19H15NO5/c21-9-16-17(18(22)23)20(16)19(24)25-10-15-13-7-3-1-5-11(13)12-6-2-4-8-14(12)15/h1-9,15-17H,10H2,(H,22,23)/t16-,17+,20?/m1/s1. The molecule has 1 N–H and O–H groups in total. The average molecular weight is 337 g/mol. The molecule has 2 aliphatic rings. The average Bonchev–Trinajstić information content (AvgIpc) is 3.30. The van der Waals surface area contributed by atoms with E-state index in [2.05, 4.69) is 0 Å². The number of hydrogen-bond donors (Lipinski definition) is 1. The predicted octanol–water partition coefficient (Wildman–Crippen LogP) is 2.27. The molecule has 126 valence electrons. The molecule has 0 unspecified atom stereocenters. The van der Waals surface area contributed by atoms with Crippen molar-refractivity contribution in [2.75, 3.05) is 6.61 Å². The van der Waals surface area contributed by atoms with Gasteiger partial charge in [0.2, 0.25) is 0 Å². The van der Waals surface area contributed by atoms with E-state index in [9.17, 15) is 14.4 Å². The summed E-state index contributed by atoms with van der Waals surface area (Å²) in [7, 11) is 0. The van der Waals surface area contributed by atoms with Crippen molar-refractivity contribution in [3.05, 3.63) is 59.7 Å². The van der Waals surface area contributed by atoms with Crippen LogP contribution in [0.3, 0.4) is 0 Å². The fourth-order valence-electron chi connectivity index (χ4n) is 3.56. The van der Waals surface area contributed by atoms with Gasteiger partial charge in [0.1, 0.15) is 18.9 Å². The maximum absolute atomic E-state index is 12.2. The van der Waals surface area contributed by atoms with Gasteiger partial charge in [-0.3, -0.25) is 4.90 Å². The van der Waals surface area contributed by atoms with Gasteiger partial charge in [0.15, 0.2) is 6.04 Å². The van der Waals surface area contributed by atoms with E-state index in [0.717, 1.165) is 27.2 Å². The van der Waals surface area contributed by atoms with Crippen LogP contribution in [-0.4, -0.2) is 47.0 Å². The summed E-state index contributed by atoms with van der Waals surface area (Å²) in [5.41, 5.74) is 4.37. The third-order valence-electron chi connectivity index (χ3n) is 4.79. The van der Waals surface area contributed by atoms with Gasteiger partial charge in [-0.1, -0.05) is 48.5 Å². The van der Waals surface area contributed by atoms with Crippen LogP contribution < -0.4 is 0 Å². The Hall–Kier alpha value is -3.15. The Labute approximate surface area is 143 Å². The molecule has 0 saturated carbocycles. The van der Waals surface area contributed by atoms with E-state index < -0.39 is 24.1 Å². The molecule has 0 bridgehead atoms. The van der Waals surface area contributed by atoms with Gasteiger partial charge in [0, 0.05) is 5.92 Å². The molecule has 1 fully saturated rings. The third kappa shape index (κ3) is 2.38. The summed E-state index contributed by atoms with van der Waals surface area (Å²) in [6.45, 7) is 0.0985. The Balaban J connectivity index is 1.53. The van der Waals surface area contributed by atoms with Crippen molar-refractivity contribution in [1.82, 2.24) is 4.90 Å². The number of carbonyl (C=O) groups is 3. The van der Waals surface area contributed by atoms with Crippen molar-refractivity contribution < 1.29 is 24.2 Å². The highest BCUT2D eigenvalue weighted by atomic mass is 16.6. The monoisotopic (exact) mass is 337 g/mol. The zero-order valence-electron chi connectivity index (χ0n) is 13.2. The first-order chi connectivity index (χ1) is 12.1. The molecular formula is C19H15NO5. The molecule has 1 aliphatic carbocycles. The Morgan fingerprint density at radius 1 is 1.04 bits per heavy atom. The van der Waals surface area contributed by atoms with E-state index in [1.807, 2.05) is 48.5 Å².